The molecule has 7 heteroatoms. The van der Waals surface area contributed by atoms with Gasteiger partial charge in [0.15, 0.2) is 5.76 Å². The predicted octanol–water partition coefficient (Wildman–Crippen LogP) is 1.71. The second-order valence-corrected chi connectivity index (χ2v) is 4.92. The van der Waals surface area contributed by atoms with Crippen LogP contribution in [0, 0.1) is 0 Å². The van der Waals surface area contributed by atoms with Crippen molar-refractivity contribution in [2.75, 3.05) is 0 Å². The largest absolute Gasteiger partial charge is 0.707 e. The van der Waals surface area contributed by atoms with Crippen LogP contribution in [-0.4, -0.2) is 23.3 Å². The van der Waals surface area contributed by atoms with Crippen LogP contribution in [0.2, 0.25) is 0 Å². The lowest BCUT2D eigenvalue weighted by Gasteiger charge is -2.06. The minimum atomic E-state index is -1.85. The van der Waals surface area contributed by atoms with E-state index < -0.39 is 7.32 Å². The summed E-state index contributed by atoms with van der Waals surface area (Å²) in [4.78, 5) is 12.1. The van der Waals surface area contributed by atoms with E-state index in [1.165, 1.54) is 0 Å². The Morgan fingerprint density at radius 1 is 1.13 bits per heavy atom. The topological polar surface area (TPSA) is 91.9 Å². The van der Waals surface area contributed by atoms with Crippen molar-refractivity contribution in [1.82, 2.24) is 5.32 Å². The van der Waals surface area contributed by atoms with E-state index in [4.69, 9.17) is 19.1 Å². The lowest BCUT2D eigenvalue weighted by Crippen LogP contribution is -2.22. The van der Waals surface area contributed by atoms with Crippen LogP contribution < -0.4 is 9.97 Å². The number of amides is 1. The van der Waals surface area contributed by atoms with E-state index in [1.807, 2.05) is 18.2 Å². The zero-order chi connectivity index (χ0) is 16.2. The summed E-state index contributed by atoms with van der Waals surface area (Å²) >= 11 is 0. The Morgan fingerprint density at radius 2 is 1.87 bits per heavy atom. The van der Waals surface area contributed by atoms with E-state index in [0.29, 0.717) is 17.9 Å². The van der Waals surface area contributed by atoms with Crippen molar-refractivity contribution in [3.8, 4) is 5.75 Å². The Bertz CT molecular complexity index is 780. The van der Waals surface area contributed by atoms with E-state index in [-0.39, 0.29) is 11.7 Å². The third-order valence-electron chi connectivity index (χ3n) is 3.27. The number of hydrogen-bond acceptors (Lipinski definition) is 5. The van der Waals surface area contributed by atoms with Crippen molar-refractivity contribution in [2.24, 2.45) is 0 Å². The van der Waals surface area contributed by atoms with E-state index in [1.54, 1.807) is 36.4 Å². The molecule has 0 saturated heterocycles. The van der Waals surface area contributed by atoms with Gasteiger partial charge in [-0.25, -0.2) is 0 Å². The monoisotopic (exact) mass is 311 g/mol. The molecule has 0 spiro atoms. The molecule has 0 atom stereocenters. The highest BCUT2D eigenvalue weighted by Gasteiger charge is 2.12. The molecule has 0 aliphatic rings. The number of fused-ring (bicyclic) bond motifs is 1. The predicted molar refractivity (Wildman–Crippen MR) is 84.6 cm³/mol. The lowest BCUT2D eigenvalue weighted by molar-refractivity contribution is 0.0925. The molecule has 3 rings (SSSR count). The highest BCUT2D eigenvalue weighted by Crippen LogP contribution is 2.19. The first-order valence-electron chi connectivity index (χ1n) is 7.00. The second kappa shape index (κ2) is 6.56. The second-order valence-electron chi connectivity index (χ2n) is 4.92. The molecule has 1 heterocycles. The fourth-order valence-electron chi connectivity index (χ4n) is 2.17. The lowest BCUT2D eigenvalue weighted by atomic mass is 10.2. The summed E-state index contributed by atoms with van der Waals surface area (Å²) in [5.41, 5.74) is 1.51. The van der Waals surface area contributed by atoms with E-state index >= 15 is 0 Å². The smallest absolute Gasteiger partial charge is 0.512 e. The van der Waals surface area contributed by atoms with Gasteiger partial charge in [-0.1, -0.05) is 30.3 Å². The Morgan fingerprint density at radius 3 is 2.57 bits per heavy atom. The average Bonchev–Trinajstić information content (AvgIpc) is 2.97. The molecule has 23 heavy (non-hydrogen) atoms. The average molecular weight is 311 g/mol. The number of carbonyl (C=O) groups is 1. The highest BCUT2D eigenvalue weighted by atomic mass is 16.6. The zero-order valence-corrected chi connectivity index (χ0v) is 12.1. The molecule has 0 unspecified atom stereocenters. The van der Waals surface area contributed by atoms with Gasteiger partial charge in [0.05, 0.1) is 0 Å². The Balaban J connectivity index is 1.62. The normalized spacial score (nSPS) is 10.5. The third-order valence-corrected chi connectivity index (χ3v) is 3.27. The molecular weight excluding hydrogens is 297 g/mol. The zero-order valence-electron chi connectivity index (χ0n) is 12.1. The van der Waals surface area contributed by atoms with Gasteiger partial charge >= 0.3 is 7.32 Å². The SMILES string of the molecule is O=C(NCc1ccc(OB(O)O)cc1)c1cc2ccccc2o1. The van der Waals surface area contributed by atoms with Gasteiger partial charge in [-0.2, -0.15) is 0 Å². The molecule has 1 amide bonds. The van der Waals surface area contributed by atoms with Crippen molar-refractivity contribution in [3.63, 3.8) is 0 Å². The Labute approximate surface area is 132 Å². The van der Waals surface area contributed by atoms with Crippen LogP contribution in [0.25, 0.3) is 11.0 Å². The number of carbonyl (C=O) groups excluding carboxylic acids is 1. The standard InChI is InChI=1S/C16H14BNO5/c19-16(15-9-12-3-1-2-4-14(12)22-15)18-10-11-5-7-13(8-6-11)23-17(20)21/h1-9,20-21H,10H2,(H,18,19). The highest BCUT2D eigenvalue weighted by molar-refractivity contribution is 6.33. The molecule has 0 radical (unpaired) electrons. The van der Waals surface area contributed by atoms with Gasteiger partial charge in [0, 0.05) is 11.9 Å². The van der Waals surface area contributed by atoms with Crippen LogP contribution in [0.1, 0.15) is 16.1 Å². The molecule has 0 saturated carbocycles. The third kappa shape index (κ3) is 3.71. The summed E-state index contributed by atoms with van der Waals surface area (Å²) in [7, 11) is -1.85. The number of benzene rings is 2. The summed E-state index contributed by atoms with van der Waals surface area (Å²) in [6, 6.07) is 15.7. The van der Waals surface area contributed by atoms with Crippen LogP contribution in [0.5, 0.6) is 5.75 Å². The van der Waals surface area contributed by atoms with Crippen LogP contribution in [0.15, 0.2) is 59.0 Å². The Hall–Kier alpha value is -2.77. The molecule has 116 valence electrons. The van der Waals surface area contributed by atoms with Gasteiger partial charge < -0.3 is 24.4 Å². The number of para-hydroxylation sites is 1. The summed E-state index contributed by atoms with van der Waals surface area (Å²) < 4.78 is 10.2. The number of nitrogens with one attached hydrogen (secondary N) is 1. The molecule has 3 aromatic rings. The maximum atomic E-state index is 12.1. The molecule has 1 aromatic heterocycles. The minimum absolute atomic E-state index is 0.259. The van der Waals surface area contributed by atoms with Crippen molar-refractivity contribution in [3.05, 3.63) is 65.9 Å². The van der Waals surface area contributed by atoms with Crippen molar-refractivity contribution in [2.45, 2.75) is 6.54 Å². The van der Waals surface area contributed by atoms with Crippen molar-refractivity contribution < 1.29 is 23.9 Å². The van der Waals surface area contributed by atoms with Gasteiger partial charge in [-0.05, 0) is 29.8 Å². The summed E-state index contributed by atoms with van der Waals surface area (Å²) in [6.45, 7) is 0.317. The molecule has 0 fully saturated rings. The number of hydrogen-bond donors (Lipinski definition) is 3. The summed E-state index contributed by atoms with van der Waals surface area (Å²) in [5, 5.41) is 21.0. The maximum absolute atomic E-state index is 12.1. The van der Waals surface area contributed by atoms with E-state index in [2.05, 4.69) is 5.32 Å². The van der Waals surface area contributed by atoms with Gasteiger partial charge in [0.25, 0.3) is 5.91 Å². The van der Waals surface area contributed by atoms with E-state index in [9.17, 15) is 4.79 Å². The first kappa shape index (κ1) is 15.1. The van der Waals surface area contributed by atoms with E-state index in [0.717, 1.165) is 10.9 Å². The maximum Gasteiger partial charge on any atom is 0.707 e. The quantitative estimate of drug-likeness (QED) is 0.624. The first-order valence-corrected chi connectivity index (χ1v) is 7.00. The van der Waals surface area contributed by atoms with Gasteiger partial charge in [-0.15, -0.1) is 0 Å². The van der Waals surface area contributed by atoms with Crippen LogP contribution in [-0.2, 0) is 6.54 Å². The van der Waals surface area contributed by atoms with Gasteiger partial charge in [-0.3, -0.25) is 4.79 Å². The van der Waals surface area contributed by atoms with Crippen LogP contribution in [0.3, 0.4) is 0 Å². The molecule has 0 aliphatic heterocycles. The summed E-state index contributed by atoms with van der Waals surface area (Å²) in [6.07, 6.45) is 0. The van der Waals surface area contributed by atoms with Gasteiger partial charge in [0.1, 0.15) is 11.3 Å². The fraction of sp³-hybridized carbons (Fsp3) is 0.0625. The summed E-state index contributed by atoms with van der Waals surface area (Å²) in [5.74, 6) is 0.286. The molecule has 2 aromatic carbocycles. The molecular formula is C16H14BNO5. The molecule has 0 bridgehead atoms. The molecule has 6 nitrogen and oxygen atoms in total. The van der Waals surface area contributed by atoms with Crippen LogP contribution >= 0.6 is 0 Å². The van der Waals surface area contributed by atoms with Crippen LogP contribution in [0.4, 0.5) is 0 Å². The number of rotatable bonds is 5. The van der Waals surface area contributed by atoms with Crippen molar-refractivity contribution in [1.29, 1.82) is 0 Å². The Kier molecular flexibility index (Phi) is 4.32. The molecule has 0 aliphatic carbocycles. The minimum Gasteiger partial charge on any atom is -0.512 e. The first-order chi connectivity index (χ1) is 11.1. The fourth-order valence-corrected chi connectivity index (χ4v) is 2.17. The molecule has 3 N–H and O–H groups in total. The van der Waals surface area contributed by atoms with Crippen molar-refractivity contribution >= 4 is 24.2 Å². The van der Waals surface area contributed by atoms with Gasteiger partial charge in [0.2, 0.25) is 0 Å². The number of furan rings is 1.